The minimum Gasteiger partial charge on any atom is -0.543 e. The third kappa shape index (κ3) is 6.07. The lowest BCUT2D eigenvalue weighted by atomic mass is 9.94. The average Bonchev–Trinajstić information content (AvgIpc) is 3.41. The number of carbonyl (C=O) groups is 4. The molecule has 1 aliphatic carbocycles. The third-order valence-corrected chi connectivity index (χ3v) is 10.4. The van der Waals surface area contributed by atoms with Gasteiger partial charge in [-0.3, -0.25) is 14.5 Å². The van der Waals surface area contributed by atoms with Crippen LogP contribution in [0.4, 0.5) is 5.13 Å². The summed E-state index contributed by atoms with van der Waals surface area (Å²) in [5.74, 6) is 2.99. The summed E-state index contributed by atoms with van der Waals surface area (Å²) in [4.78, 5) is 64.3. The summed E-state index contributed by atoms with van der Waals surface area (Å²) in [5, 5.41) is 28.9. The number of aliphatic imine (C=N–C) groups is 1. The van der Waals surface area contributed by atoms with Crippen LogP contribution in [0, 0.1) is 0 Å². The molecule has 0 spiro atoms. The Kier molecular flexibility index (Phi) is 8.97. The van der Waals surface area contributed by atoms with Crippen molar-refractivity contribution >= 4 is 75.3 Å². The van der Waals surface area contributed by atoms with Crippen molar-refractivity contribution in [2.75, 3.05) is 17.2 Å². The van der Waals surface area contributed by atoms with E-state index < -0.39 is 52.5 Å². The first-order valence-electron chi connectivity index (χ1n) is 13.1. The topological polar surface area (TPSA) is 256 Å². The lowest BCUT2D eigenvalue weighted by Gasteiger charge is -2.50. The summed E-state index contributed by atoms with van der Waals surface area (Å²) in [5.41, 5.74) is 13.2. The smallest absolute Gasteiger partial charge is 0.347 e. The molecular weight excluding hydrogens is 623 g/mol. The molecule has 43 heavy (non-hydrogen) atoms. The minimum atomic E-state index is -1.52. The van der Waals surface area contributed by atoms with Gasteiger partial charge in [-0.05, 0) is 31.8 Å². The zero-order valence-electron chi connectivity index (χ0n) is 22.8. The van der Waals surface area contributed by atoms with Crippen molar-refractivity contribution in [2.45, 2.75) is 55.6 Å². The highest BCUT2D eigenvalue weighted by molar-refractivity contribution is 8.01. The minimum absolute atomic E-state index is 0.0188. The number of nitrogens with one attached hydrogen (secondary N) is 2. The molecule has 0 bridgehead atoms. The van der Waals surface area contributed by atoms with Gasteiger partial charge >= 0.3 is 5.97 Å². The summed E-state index contributed by atoms with van der Waals surface area (Å²) < 4.78 is 0. The molecule has 0 radical (unpaired) electrons. The van der Waals surface area contributed by atoms with Crippen LogP contribution in [0.5, 0.6) is 0 Å². The second kappa shape index (κ2) is 12.5. The molecule has 3 aliphatic heterocycles. The Labute approximate surface area is 257 Å². The first-order chi connectivity index (χ1) is 20.5. The fourth-order valence-corrected chi connectivity index (χ4v) is 8.14. The van der Waals surface area contributed by atoms with Gasteiger partial charge in [0.1, 0.15) is 28.6 Å². The number of amidine groups is 1. The van der Waals surface area contributed by atoms with Crippen LogP contribution in [0.2, 0.25) is 0 Å². The van der Waals surface area contributed by atoms with Gasteiger partial charge in [0, 0.05) is 23.3 Å². The number of aromatic nitrogens is 1. The summed E-state index contributed by atoms with van der Waals surface area (Å²) >= 11 is 3.62. The Morgan fingerprint density at radius 1 is 1.35 bits per heavy atom. The number of hydrogen-bond acceptors (Lipinski definition) is 15. The number of β-lactam (4-membered cyclic amide) rings is 1. The second-order valence-electron chi connectivity index (χ2n) is 9.99. The molecular formula is C24H29N9O7S3. The van der Waals surface area contributed by atoms with Crippen molar-refractivity contribution in [3.05, 3.63) is 33.6 Å². The Balaban J connectivity index is 1.29. The van der Waals surface area contributed by atoms with E-state index in [1.54, 1.807) is 0 Å². The zero-order valence-corrected chi connectivity index (χ0v) is 25.2. The fraction of sp³-hybridized carbons (Fsp3) is 0.458. The Morgan fingerprint density at radius 3 is 2.77 bits per heavy atom. The molecule has 1 aromatic rings. The number of allylic oxidation sites excluding steroid dienone is 1. The van der Waals surface area contributed by atoms with E-state index in [1.807, 2.05) is 0 Å². The first-order valence-corrected chi connectivity index (χ1v) is 16.1. The lowest BCUT2D eigenvalue weighted by molar-refractivity contribution is -0.886. The molecule has 19 heteroatoms. The summed E-state index contributed by atoms with van der Waals surface area (Å²) in [6, 6.07) is -1.09. The number of carboxylic acids is 2. The largest absolute Gasteiger partial charge is 0.543 e. The van der Waals surface area contributed by atoms with Crippen molar-refractivity contribution in [1.29, 1.82) is 0 Å². The fourth-order valence-electron chi connectivity index (χ4n) is 5.01. The predicted molar refractivity (Wildman–Crippen MR) is 157 cm³/mol. The Morgan fingerprint density at radius 2 is 2.09 bits per heavy atom. The van der Waals surface area contributed by atoms with E-state index in [0.29, 0.717) is 16.4 Å². The molecule has 4 heterocycles. The monoisotopic (exact) mass is 651 g/mol. The molecule has 4 aliphatic rings. The van der Waals surface area contributed by atoms with Gasteiger partial charge in [0.25, 0.3) is 17.3 Å². The first kappa shape index (κ1) is 30.8. The van der Waals surface area contributed by atoms with Gasteiger partial charge in [0.05, 0.1) is 17.2 Å². The van der Waals surface area contributed by atoms with Crippen LogP contribution in [0.3, 0.4) is 0 Å². The number of nitrogens with two attached hydrogens (primary N) is 3. The predicted octanol–water partition coefficient (Wildman–Crippen LogP) is -2.70. The Bertz CT molecular complexity index is 1490. The number of rotatable bonds is 10. The summed E-state index contributed by atoms with van der Waals surface area (Å²) in [6.45, 7) is 1.22. The SMILES string of the molecule is C[C@@H](O/N=C(\C(=O)NC1C(=O)N2C(C(=O)[O-])=C(CSC3N=C(N)C4=C(CCCC4)[NH+]3N)CS[C@H]12)c1csc(N)n1)C(=O)O. The standard InChI is InChI=1S/C24H29N9O7S3/c1-9(21(36)37)40-31-14(12-8-42-23(26)28-12)18(34)29-15-19(35)32-16(22(38)39)10(6-41-20(15)32)7-43-24-30-17(25)11-4-2-3-5-13(11)33(24)27/h8-9,15,20,24H,2-7,27H2,1H3,(H2,25,30)(H2,26,28)(H,29,34)(H,36,37)(H,38,39)/b31-14-/t9-,15?,20-,24?/m1/s1. The highest BCUT2D eigenvalue weighted by Gasteiger charge is 2.53. The van der Waals surface area contributed by atoms with Crippen molar-refractivity contribution in [3.63, 3.8) is 0 Å². The molecule has 16 nitrogen and oxygen atoms in total. The number of quaternary nitrogens is 1. The van der Waals surface area contributed by atoms with Gasteiger partial charge in [-0.25, -0.2) is 14.8 Å². The van der Waals surface area contributed by atoms with Crippen LogP contribution in [0.15, 0.2) is 38.1 Å². The zero-order chi connectivity index (χ0) is 31.0. The quantitative estimate of drug-likeness (QED) is 0.0652. The maximum Gasteiger partial charge on any atom is 0.347 e. The highest BCUT2D eigenvalue weighted by atomic mass is 32.2. The molecule has 9 N–H and O–H groups in total. The van der Waals surface area contributed by atoms with Gasteiger partial charge < -0.3 is 36.6 Å². The number of nitrogens with zero attached hydrogens (tertiary/aromatic N) is 4. The maximum atomic E-state index is 13.2. The molecule has 5 atom stereocenters. The number of carbonyl (C=O) groups excluding carboxylic acids is 3. The molecule has 3 unspecified atom stereocenters. The van der Waals surface area contributed by atoms with Gasteiger partial charge in [0.15, 0.2) is 10.8 Å². The van der Waals surface area contributed by atoms with Crippen molar-refractivity contribution in [1.82, 2.24) is 15.2 Å². The van der Waals surface area contributed by atoms with Crippen LogP contribution >= 0.6 is 34.9 Å². The van der Waals surface area contributed by atoms with Gasteiger partial charge in [-0.15, -0.1) is 23.1 Å². The number of nitrogen functional groups attached to an aromatic ring is 1. The molecule has 5 rings (SSSR count). The number of thioether (sulfide) groups is 2. The van der Waals surface area contributed by atoms with E-state index in [-0.39, 0.29) is 28.0 Å². The molecule has 0 saturated carbocycles. The molecule has 230 valence electrons. The van der Waals surface area contributed by atoms with Crippen LogP contribution in [0.1, 0.15) is 38.3 Å². The van der Waals surface area contributed by atoms with Crippen molar-refractivity contribution < 1.29 is 39.2 Å². The number of hydrogen-bond donors (Lipinski definition) is 6. The van der Waals surface area contributed by atoms with Crippen LogP contribution in [-0.4, -0.2) is 84.8 Å². The normalized spacial score (nSPS) is 26.2. The van der Waals surface area contributed by atoms with Gasteiger partial charge in [-0.1, -0.05) is 16.9 Å². The van der Waals surface area contributed by atoms with Crippen LogP contribution < -0.4 is 32.7 Å². The van der Waals surface area contributed by atoms with Crippen molar-refractivity contribution in [2.24, 2.45) is 21.7 Å². The van der Waals surface area contributed by atoms with Gasteiger partial charge in [0.2, 0.25) is 6.10 Å². The second-order valence-corrected chi connectivity index (χ2v) is 13.1. The number of amides is 2. The number of fused-ring (bicyclic) bond motifs is 1. The third-order valence-electron chi connectivity index (χ3n) is 7.22. The Hall–Kier alpha value is -3.65. The average molecular weight is 652 g/mol. The number of anilines is 1. The molecule has 1 fully saturated rings. The van der Waals surface area contributed by atoms with Crippen molar-refractivity contribution in [3.8, 4) is 0 Å². The number of carboxylic acid groups (broad SMARTS) is 2. The van der Waals surface area contributed by atoms with Crippen LogP contribution in [-0.2, 0) is 24.0 Å². The number of aliphatic carboxylic acids is 2. The van der Waals surface area contributed by atoms with E-state index in [9.17, 15) is 24.3 Å². The number of oxime groups is 1. The summed E-state index contributed by atoms with van der Waals surface area (Å²) in [7, 11) is 0. The molecule has 1 aromatic heterocycles. The van der Waals surface area contributed by atoms with E-state index in [0.717, 1.165) is 53.2 Å². The maximum absolute atomic E-state index is 13.2. The highest BCUT2D eigenvalue weighted by Crippen LogP contribution is 2.41. The van der Waals surface area contributed by atoms with E-state index >= 15 is 0 Å². The molecule has 1 saturated heterocycles. The molecule has 0 aromatic carbocycles. The summed E-state index contributed by atoms with van der Waals surface area (Å²) in [6.07, 6.45) is 2.32. The van der Waals surface area contributed by atoms with E-state index in [2.05, 4.69) is 20.4 Å². The number of thiazole rings is 1. The van der Waals surface area contributed by atoms with E-state index in [1.165, 1.54) is 35.8 Å². The van der Waals surface area contributed by atoms with E-state index in [4.69, 9.17) is 27.3 Å². The van der Waals surface area contributed by atoms with Gasteiger partial charge in [-0.2, -0.15) is 10.8 Å². The lowest BCUT2D eigenvalue weighted by Crippen LogP contribution is -3.19. The molecule has 2 amide bonds. The van der Waals surface area contributed by atoms with Crippen LogP contribution in [0.25, 0.3) is 0 Å².